The van der Waals surface area contributed by atoms with Crippen molar-refractivity contribution in [1.82, 2.24) is 0 Å². The molecule has 14 heavy (non-hydrogen) atoms. The van der Waals surface area contributed by atoms with E-state index in [9.17, 15) is 9.59 Å². The molecule has 0 aliphatic carbocycles. The first-order chi connectivity index (χ1) is 6.11. The summed E-state index contributed by atoms with van der Waals surface area (Å²) in [6.45, 7) is 0. The third-order valence-corrected chi connectivity index (χ3v) is 2.47. The zero-order valence-electron chi connectivity index (χ0n) is 7.58. The molecule has 2 heterocycles. The summed E-state index contributed by atoms with van der Waals surface area (Å²) in [6.07, 6.45) is 2.10. The first-order valence-corrected chi connectivity index (χ1v) is 3.90. The SMILES string of the molecule is O=C(O)[C@@H]1[C@H](C(=O)O)[C@@H]2C=C[C@H]1O2.[Na]. The van der Waals surface area contributed by atoms with E-state index in [-0.39, 0.29) is 29.6 Å². The summed E-state index contributed by atoms with van der Waals surface area (Å²) in [7, 11) is 0. The summed E-state index contributed by atoms with van der Waals surface area (Å²) < 4.78 is 5.15. The fraction of sp³-hybridized carbons (Fsp3) is 0.500. The molecule has 2 bridgehead atoms. The second kappa shape index (κ2) is 4.02. The first-order valence-electron chi connectivity index (χ1n) is 3.90. The molecule has 0 aromatic heterocycles. The molecule has 0 spiro atoms. The molecule has 0 aromatic rings. The summed E-state index contributed by atoms with van der Waals surface area (Å²) in [6, 6.07) is 0. The minimum atomic E-state index is -1.11. The third kappa shape index (κ3) is 1.61. The zero-order valence-corrected chi connectivity index (χ0v) is 9.58. The van der Waals surface area contributed by atoms with Crippen LogP contribution < -0.4 is 0 Å². The minimum Gasteiger partial charge on any atom is -0.481 e. The molecule has 71 valence electrons. The van der Waals surface area contributed by atoms with Crippen LogP contribution in [-0.2, 0) is 14.3 Å². The molecule has 1 fully saturated rings. The van der Waals surface area contributed by atoms with E-state index in [4.69, 9.17) is 14.9 Å². The zero-order chi connectivity index (χ0) is 9.59. The van der Waals surface area contributed by atoms with Crippen molar-refractivity contribution in [2.45, 2.75) is 12.2 Å². The van der Waals surface area contributed by atoms with Crippen molar-refractivity contribution in [3.63, 3.8) is 0 Å². The van der Waals surface area contributed by atoms with Gasteiger partial charge in [0.2, 0.25) is 0 Å². The van der Waals surface area contributed by atoms with E-state index in [0.29, 0.717) is 0 Å². The van der Waals surface area contributed by atoms with E-state index < -0.39 is 36.0 Å². The van der Waals surface area contributed by atoms with Gasteiger partial charge in [-0.15, -0.1) is 0 Å². The first kappa shape index (κ1) is 11.7. The fourth-order valence-electron chi connectivity index (χ4n) is 1.90. The molecule has 0 saturated carbocycles. The molecule has 2 N–H and O–H groups in total. The molecule has 1 radical (unpaired) electrons. The van der Waals surface area contributed by atoms with Gasteiger partial charge in [-0.25, -0.2) is 0 Å². The second-order valence-electron chi connectivity index (χ2n) is 3.18. The summed E-state index contributed by atoms with van der Waals surface area (Å²) in [4.78, 5) is 21.5. The second-order valence-corrected chi connectivity index (χ2v) is 3.18. The van der Waals surface area contributed by atoms with Gasteiger partial charge in [-0.1, -0.05) is 12.2 Å². The Labute approximate surface area is 102 Å². The molecule has 5 nitrogen and oxygen atoms in total. The number of rotatable bonds is 2. The fourth-order valence-corrected chi connectivity index (χ4v) is 1.90. The van der Waals surface area contributed by atoms with Crippen LogP contribution in [0.4, 0.5) is 0 Å². The minimum absolute atomic E-state index is 0. The maximum absolute atomic E-state index is 10.7. The molecular formula is C8H8NaO5. The van der Waals surface area contributed by atoms with Gasteiger partial charge in [-0.2, -0.15) is 0 Å². The van der Waals surface area contributed by atoms with Gasteiger partial charge in [0.1, 0.15) is 11.8 Å². The van der Waals surface area contributed by atoms with E-state index in [2.05, 4.69) is 0 Å². The van der Waals surface area contributed by atoms with Crippen LogP contribution in [0.25, 0.3) is 0 Å². The van der Waals surface area contributed by atoms with Crippen LogP contribution >= 0.6 is 0 Å². The molecular weight excluding hydrogens is 199 g/mol. The summed E-state index contributed by atoms with van der Waals surface area (Å²) in [5.74, 6) is -4.09. The van der Waals surface area contributed by atoms with E-state index in [1.54, 1.807) is 12.2 Å². The van der Waals surface area contributed by atoms with Gasteiger partial charge in [0.15, 0.2) is 0 Å². The monoisotopic (exact) mass is 207 g/mol. The summed E-state index contributed by atoms with van der Waals surface area (Å²) >= 11 is 0. The van der Waals surface area contributed by atoms with Crippen LogP contribution in [-0.4, -0.2) is 63.9 Å². The van der Waals surface area contributed by atoms with E-state index >= 15 is 0 Å². The van der Waals surface area contributed by atoms with Crippen molar-refractivity contribution in [2.24, 2.45) is 11.8 Å². The van der Waals surface area contributed by atoms with Crippen molar-refractivity contribution in [1.29, 1.82) is 0 Å². The number of hydrogen-bond acceptors (Lipinski definition) is 3. The van der Waals surface area contributed by atoms with Crippen molar-refractivity contribution >= 4 is 41.5 Å². The number of ether oxygens (including phenoxy) is 1. The number of carbonyl (C=O) groups is 2. The van der Waals surface area contributed by atoms with Gasteiger partial charge >= 0.3 is 11.9 Å². The Morgan fingerprint density at radius 2 is 1.36 bits per heavy atom. The average Bonchev–Trinajstić information content (AvgIpc) is 2.60. The third-order valence-electron chi connectivity index (χ3n) is 2.47. The topological polar surface area (TPSA) is 83.8 Å². The Morgan fingerprint density at radius 3 is 1.64 bits per heavy atom. The number of carboxylic acids is 2. The number of fused-ring (bicyclic) bond motifs is 2. The molecule has 6 heteroatoms. The predicted molar refractivity (Wildman–Crippen MR) is 45.8 cm³/mol. The molecule has 4 atom stereocenters. The Hall–Kier alpha value is -0.360. The molecule has 2 aliphatic heterocycles. The van der Waals surface area contributed by atoms with Gasteiger partial charge in [-0.3, -0.25) is 9.59 Å². The average molecular weight is 207 g/mol. The molecule has 0 amide bonds. The van der Waals surface area contributed by atoms with Crippen LogP contribution in [0.2, 0.25) is 0 Å². The van der Waals surface area contributed by atoms with Crippen LogP contribution in [0.15, 0.2) is 12.2 Å². The van der Waals surface area contributed by atoms with Crippen molar-refractivity contribution in [3.05, 3.63) is 12.2 Å². The van der Waals surface area contributed by atoms with Crippen LogP contribution in [0.1, 0.15) is 0 Å². The van der Waals surface area contributed by atoms with Gasteiger partial charge in [0.05, 0.1) is 12.2 Å². The van der Waals surface area contributed by atoms with Gasteiger partial charge in [0.25, 0.3) is 0 Å². The Kier molecular flexibility index (Phi) is 3.36. The van der Waals surface area contributed by atoms with Crippen molar-refractivity contribution < 1.29 is 24.5 Å². The molecule has 0 unspecified atom stereocenters. The standard InChI is InChI=1S/C8H8O5.Na/c9-7(10)5-3-1-2-4(13-3)6(5)8(11)12;/h1-6H,(H,9,10)(H,11,12);/t3-,4+,5+,6-;. The molecule has 2 rings (SSSR count). The molecule has 0 aromatic carbocycles. The number of carboxylic acid groups (broad SMARTS) is 2. The molecule has 2 aliphatic rings. The number of aliphatic carboxylic acids is 2. The summed E-state index contributed by atoms with van der Waals surface area (Å²) in [5.41, 5.74) is 0. The van der Waals surface area contributed by atoms with Crippen LogP contribution in [0, 0.1) is 11.8 Å². The quantitative estimate of drug-likeness (QED) is 0.464. The van der Waals surface area contributed by atoms with Gasteiger partial charge in [-0.05, 0) is 0 Å². The summed E-state index contributed by atoms with van der Waals surface area (Å²) in [5, 5.41) is 17.6. The smallest absolute Gasteiger partial charge is 0.310 e. The molecule has 1 saturated heterocycles. The maximum atomic E-state index is 10.7. The van der Waals surface area contributed by atoms with Gasteiger partial charge in [0, 0.05) is 29.6 Å². The predicted octanol–water partition coefficient (Wildman–Crippen LogP) is -0.656. The Morgan fingerprint density at radius 1 is 1.00 bits per heavy atom. The van der Waals surface area contributed by atoms with Crippen molar-refractivity contribution in [3.8, 4) is 0 Å². The normalized spacial score (nSPS) is 38.0. The largest absolute Gasteiger partial charge is 0.481 e. The van der Waals surface area contributed by atoms with Crippen LogP contribution in [0.5, 0.6) is 0 Å². The number of hydrogen-bond donors (Lipinski definition) is 2. The Balaban J connectivity index is 0.000000980. The van der Waals surface area contributed by atoms with Crippen LogP contribution in [0.3, 0.4) is 0 Å². The van der Waals surface area contributed by atoms with Crippen molar-refractivity contribution in [2.75, 3.05) is 0 Å². The van der Waals surface area contributed by atoms with E-state index in [1.807, 2.05) is 0 Å². The van der Waals surface area contributed by atoms with Gasteiger partial charge < -0.3 is 14.9 Å². The maximum Gasteiger partial charge on any atom is 0.310 e. The Bertz CT molecular complexity index is 272. The van der Waals surface area contributed by atoms with E-state index in [1.165, 1.54) is 0 Å². The van der Waals surface area contributed by atoms with E-state index in [0.717, 1.165) is 0 Å².